The van der Waals surface area contributed by atoms with Gasteiger partial charge in [-0.25, -0.2) is 4.68 Å². The molecule has 0 bridgehead atoms. The summed E-state index contributed by atoms with van der Waals surface area (Å²) < 4.78 is 1.39. The normalized spacial score (nSPS) is 10.5. The van der Waals surface area contributed by atoms with Gasteiger partial charge in [0.2, 0.25) is 0 Å². The molecule has 0 saturated heterocycles. The van der Waals surface area contributed by atoms with E-state index in [1.807, 2.05) is 12.1 Å². The first-order valence-corrected chi connectivity index (χ1v) is 5.74. The molecule has 0 N–H and O–H groups in total. The lowest BCUT2D eigenvalue weighted by molar-refractivity contribution is 0.107. The molecule has 0 aliphatic rings. The maximum Gasteiger partial charge on any atom is 0.275 e. The summed E-state index contributed by atoms with van der Waals surface area (Å²) >= 11 is 17.0. The minimum Gasteiger partial charge on any atom is -0.274 e. The first kappa shape index (κ1) is 12.4. The van der Waals surface area contributed by atoms with Gasteiger partial charge in [-0.15, -0.1) is 5.10 Å². The Bertz CT molecular complexity index is 550. The number of hydrogen-bond donors (Lipinski definition) is 0. The van der Waals surface area contributed by atoms with Crippen LogP contribution in [0.5, 0.6) is 0 Å². The van der Waals surface area contributed by atoms with Crippen molar-refractivity contribution in [3.8, 4) is 0 Å². The molecule has 0 amide bonds. The zero-order chi connectivity index (χ0) is 12.4. The number of hydrogen-bond acceptors (Lipinski definition) is 3. The zero-order valence-corrected chi connectivity index (χ0v) is 10.7. The first-order chi connectivity index (χ1) is 8.08. The summed E-state index contributed by atoms with van der Waals surface area (Å²) in [4.78, 5) is 10.9. The van der Waals surface area contributed by atoms with Crippen LogP contribution in [0.4, 0.5) is 0 Å². The van der Waals surface area contributed by atoms with Crippen LogP contribution >= 0.6 is 34.8 Å². The molecule has 0 atom stereocenters. The van der Waals surface area contributed by atoms with E-state index in [0.717, 1.165) is 5.56 Å². The molecule has 0 aliphatic heterocycles. The van der Waals surface area contributed by atoms with Gasteiger partial charge in [-0.05, 0) is 29.3 Å². The molecule has 0 unspecified atom stereocenters. The third-order valence-electron chi connectivity index (χ3n) is 2.11. The largest absolute Gasteiger partial charge is 0.275 e. The lowest BCUT2D eigenvalue weighted by atomic mass is 10.2. The molecule has 0 saturated carbocycles. The Labute approximate surface area is 112 Å². The number of nitrogens with zero attached hydrogens (tertiary/aromatic N) is 3. The lowest BCUT2D eigenvalue weighted by Gasteiger charge is -2.02. The van der Waals surface area contributed by atoms with Crippen LogP contribution in [0, 0.1) is 0 Å². The van der Waals surface area contributed by atoms with E-state index in [2.05, 4.69) is 10.3 Å². The Morgan fingerprint density at radius 3 is 2.41 bits per heavy atom. The van der Waals surface area contributed by atoms with E-state index in [1.165, 1.54) is 4.68 Å². The SMILES string of the molecule is O=C(Cl)c1nnn(Cc2ccc(Cl)cc2)c1Cl. The number of benzene rings is 1. The van der Waals surface area contributed by atoms with Gasteiger partial charge in [0.1, 0.15) is 0 Å². The summed E-state index contributed by atoms with van der Waals surface area (Å²) in [6.45, 7) is 0.396. The first-order valence-electron chi connectivity index (χ1n) is 4.61. The van der Waals surface area contributed by atoms with Crippen LogP contribution in [0.25, 0.3) is 0 Å². The zero-order valence-electron chi connectivity index (χ0n) is 8.40. The van der Waals surface area contributed by atoms with Gasteiger partial charge in [0.05, 0.1) is 6.54 Å². The predicted octanol–water partition coefficient (Wildman–Crippen LogP) is 3.01. The molecule has 2 rings (SSSR count). The Kier molecular flexibility index (Phi) is 3.66. The highest BCUT2D eigenvalue weighted by Gasteiger charge is 2.16. The lowest BCUT2D eigenvalue weighted by Crippen LogP contribution is -2.02. The van der Waals surface area contributed by atoms with Crippen molar-refractivity contribution in [2.24, 2.45) is 0 Å². The number of halogens is 3. The fraction of sp³-hybridized carbons (Fsp3) is 0.100. The highest BCUT2D eigenvalue weighted by atomic mass is 35.5. The van der Waals surface area contributed by atoms with Gasteiger partial charge in [-0.1, -0.05) is 40.5 Å². The van der Waals surface area contributed by atoms with Crippen LogP contribution in [0.3, 0.4) is 0 Å². The van der Waals surface area contributed by atoms with Crippen LogP contribution < -0.4 is 0 Å². The van der Waals surface area contributed by atoms with Crippen molar-refractivity contribution in [2.45, 2.75) is 6.54 Å². The molecule has 1 aromatic carbocycles. The maximum atomic E-state index is 10.9. The van der Waals surface area contributed by atoms with Gasteiger partial charge in [-0.3, -0.25) is 4.79 Å². The highest BCUT2D eigenvalue weighted by Crippen LogP contribution is 2.17. The van der Waals surface area contributed by atoms with Crippen LogP contribution in [0.2, 0.25) is 10.2 Å². The quantitative estimate of drug-likeness (QED) is 0.816. The summed E-state index contributed by atoms with van der Waals surface area (Å²) in [6, 6.07) is 7.19. The van der Waals surface area contributed by atoms with Gasteiger partial charge in [0, 0.05) is 5.02 Å². The molecule has 0 aliphatic carbocycles. The maximum absolute atomic E-state index is 10.9. The fourth-order valence-electron chi connectivity index (χ4n) is 1.29. The molecule has 0 fully saturated rings. The molecular weight excluding hydrogens is 284 g/mol. The molecular formula is C10H6Cl3N3O. The van der Waals surface area contributed by atoms with E-state index in [4.69, 9.17) is 34.8 Å². The van der Waals surface area contributed by atoms with Crippen LogP contribution in [-0.4, -0.2) is 20.2 Å². The summed E-state index contributed by atoms with van der Waals surface area (Å²) in [7, 11) is 0. The van der Waals surface area contributed by atoms with E-state index in [0.29, 0.717) is 11.6 Å². The minimum atomic E-state index is -0.725. The van der Waals surface area contributed by atoms with E-state index in [1.54, 1.807) is 12.1 Å². The Morgan fingerprint density at radius 1 is 1.24 bits per heavy atom. The van der Waals surface area contributed by atoms with Crippen molar-refractivity contribution in [3.63, 3.8) is 0 Å². The number of aromatic nitrogens is 3. The second-order valence-electron chi connectivity index (χ2n) is 3.29. The van der Waals surface area contributed by atoms with E-state index in [-0.39, 0.29) is 10.8 Å². The topological polar surface area (TPSA) is 47.8 Å². The van der Waals surface area contributed by atoms with Crippen molar-refractivity contribution in [1.82, 2.24) is 15.0 Å². The number of rotatable bonds is 3. The monoisotopic (exact) mass is 289 g/mol. The van der Waals surface area contributed by atoms with Crippen molar-refractivity contribution >= 4 is 40.0 Å². The van der Waals surface area contributed by atoms with Gasteiger partial charge in [0.15, 0.2) is 10.8 Å². The molecule has 0 radical (unpaired) electrons. The summed E-state index contributed by atoms with van der Waals surface area (Å²) in [5.74, 6) is 0. The Morgan fingerprint density at radius 2 is 1.88 bits per heavy atom. The molecule has 0 spiro atoms. The smallest absolute Gasteiger partial charge is 0.274 e. The van der Waals surface area contributed by atoms with Crippen molar-refractivity contribution in [3.05, 3.63) is 45.7 Å². The Balaban J connectivity index is 2.24. The third-order valence-corrected chi connectivity index (χ3v) is 2.91. The summed E-state index contributed by atoms with van der Waals surface area (Å²) in [5, 5.41) is 7.40. The van der Waals surface area contributed by atoms with Crippen LogP contribution in [0.15, 0.2) is 24.3 Å². The molecule has 4 nitrogen and oxygen atoms in total. The van der Waals surface area contributed by atoms with E-state index < -0.39 is 5.24 Å². The third kappa shape index (κ3) is 2.77. The summed E-state index contributed by atoms with van der Waals surface area (Å²) in [5.41, 5.74) is 0.900. The van der Waals surface area contributed by atoms with E-state index >= 15 is 0 Å². The van der Waals surface area contributed by atoms with Crippen LogP contribution in [-0.2, 0) is 6.54 Å². The number of carbonyl (C=O) groups is 1. The standard InChI is InChI=1S/C10H6Cl3N3O/c11-7-3-1-6(2-4-7)5-16-9(12)8(10(13)17)14-15-16/h1-4H,5H2. The van der Waals surface area contributed by atoms with Gasteiger partial charge in [0.25, 0.3) is 5.24 Å². The highest BCUT2D eigenvalue weighted by molar-refractivity contribution is 6.68. The molecule has 1 aromatic heterocycles. The second kappa shape index (κ2) is 5.04. The number of carbonyl (C=O) groups excluding carboxylic acids is 1. The fourth-order valence-corrected chi connectivity index (χ4v) is 1.80. The molecule has 7 heteroatoms. The van der Waals surface area contributed by atoms with E-state index in [9.17, 15) is 4.79 Å². The average molecular weight is 291 g/mol. The van der Waals surface area contributed by atoms with Crippen molar-refractivity contribution < 1.29 is 4.79 Å². The Hall–Kier alpha value is -1.10. The second-order valence-corrected chi connectivity index (χ2v) is 4.42. The average Bonchev–Trinajstić information content (AvgIpc) is 2.64. The predicted molar refractivity (Wildman–Crippen MR) is 65.8 cm³/mol. The van der Waals surface area contributed by atoms with Gasteiger partial charge in [-0.2, -0.15) is 0 Å². The molecule has 88 valence electrons. The van der Waals surface area contributed by atoms with Crippen molar-refractivity contribution in [2.75, 3.05) is 0 Å². The van der Waals surface area contributed by atoms with Gasteiger partial charge < -0.3 is 0 Å². The summed E-state index contributed by atoms with van der Waals surface area (Å²) in [6.07, 6.45) is 0. The van der Waals surface area contributed by atoms with Gasteiger partial charge >= 0.3 is 0 Å². The van der Waals surface area contributed by atoms with Crippen LogP contribution in [0.1, 0.15) is 16.1 Å². The molecule has 2 aromatic rings. The molecule has 1 heterocycles. The minimum absolute atomic E-state index is 0.0395. The molecule has 17 heavy (non-hydrogen) atoms. The van der Waals surface area contributed by atoms with Crippen molar-refractivity contribution in [1.29, 1.82) is 0 Å².